The first-order valence-corrected chi connectivity index (χ1v) is 11.4. The molecule has 2 N–H and O–H groups in total. The van der Waals surface area contributed by atoms with Crippen LogP contribution in [0.5, 0.6) is 11.5 Å². The summed E-state index contributed by atoms with van der Waals surface area (Å²) in [5, 5.41) is 20.2. The van der Waals surface area contributed by atoms with Crippen molar-refractivity contribution in [1.82, 2.24) is 0 Å². The molecule has 0 aliphatic heterocycles. The molecule has 0 aliphatic carbocycles. The highest BCUT2D eigenvalue weighted by molar-refractivity contribution is 5.46. The highest BCUT2D eigenvalue weighted by Crippen LogP contribution is 2.28. The molecule has 1 rings (SSSR count). The van der Waals surface area contributed by atoms with E-state index < -0.39 is 0 Å². The van der Waals surface area contributed by atoms with Gasteiger partial charge in [-0.3, -0.25) is 0 Å². The van der Waals surface area contributed by atoms with Gasteiger partial charge in [0.25, 0.3) is 0 Å². The summed E-state index contributed by atoms with van der Waals surface area (Å²) in [5.41, 5.74) is 7.22. The predicted molar refractivity (Wildman–Crippen MR) is 131 cm³/mol. The van der Waals surface area contributed by atoms with E-state index in [1.807, 2.05) is 6.92 Å². The molecular formula is C28H42O2. The van der Waals surface area contributed by atoms with E-state index >= 15 is 0 Å². The zero-order valence-corrected chi connectivity index (χ0v) is 20.0. The minimum absolute atomic E-state index is 0.272. The third-order valence-electron chi connectivity index (χ3n) is 5.49. The Labute approximate surface area is 184 Å². The first kappa shape index (κ1) is 25.8. The van der Waals surface area contributed by atoms with E-state index in [1.165, 1.54) is 22.3 Å². The molecule has 0 unspecified atom stereocenters. The largest absolute Gasteiger partial charge is 0.508 e. The van der Waals surface area contributed by atoms with Crippen LogP contribution in [-0.2, 0) is 12.8 Å². The third-order valence-corrected chi connectivity index (χ3v) is 5.49. The summed E-state index contributed by atoms with van der Waals surface area (Å²) in [6.07, 6.45) is 17.2. The summed E-state index contributed by atoms with van der Waals surface area (Å²) >= 11 is 0. The van der Waals surface area contributed by atoms with Gasteiger partial charge in [0.2, 0.25) is 0 Å². The Morgan fingerprint density at radius 2 is 1.10 bits per heavy atom. The van der Waals surface area contributed by atoms with Gasteiger partial charge in [-0.2, -0.15) is 0 Å². The van der Waals surface area contributed by atoms with Gasteiger partial charge < -0.3 is 10.2 Å². The standard InChI is InChI=1S/C28H42O2/c1-7-25-19-28(30)26(20-27(25)29)18-17-24(6)16-10-15-23(5)14-9-13-22(4)12-8-11-21(2)3/h11,13,15,17,19-20,29-30H,7-10,12,14,16,18H2,1-6H3/b22-13+,23-15+,24-17+. The van der Waals surface area contributed by atoms with Crippen LogP contribution in [0, 0.1) is 0 Å². The second-order valence-electron chi connectivity index (χ2n) is 8.72. The van der Waals surface area contributed by atoms with Crippen LogP contribution in [0.2, 0.25) is 0 Å². The normalized spacial score (nSPS) is 12.9. The third kappa shape index (κ3) is 10.5. The molecule has 2 nitrogen and oxygen atoms in total. The second kappa shape index (κ2) is 13.9. The molecular weight excluding hydrogens is 368 g/mol. The van der Waals surface area contributed by atoms with E-state index in [9.17, 15) is 10.2 Å². The lowest BCUT2D eigenvalue weighted by molar-refractivity contribution is 0.450. The zero-order chi connectivity index (χ0) is 22.5. The molecule has 0 bridgehead atoms. The average Bonchev–Trinajstić information content (AvgIpc) is 2.68. The topological polar surface area (TPSA) is 40.5 Å². The Kier molecular flexibility index (Phi) is 12.0. The number of allylic oxidation sites excluding steroid dienone is 8. The molecule has 0 atom stereocenters. The summed E-state index contributed by atoms with van der Waals surface area (Å²) in [4.78, 5) is 0. The van der Waals surface area contributed by atoms with Crippen molar-refractivity contribution in [2.45, 2.75) is 92.9 Å². The minimum atomic E-state index is 0.272. The van der Waals surface area contributed by atoms with Crippen molar-refractivity contribution in [3.63, 3.8) is 0 Å². The fraction of sp³-hybridized carbons (Fsp3) is 0.500. The summed E-state index contributed by atoms with van der Waals surface area (Å²) < 4.78 is 0. The Morgan fingerprint density at radius 1 is 0.667 bits per heavy atom. The molecule has 1 aromatic carbocycles. The van der Waals surface area contributed by atoms with Crippen molar-refractivity contribution in [1.29, 1.82) is 0 Å². The van der Waals surface area contributed by atoms with Crippen molar-refractivity contribution in [3.05, 3.63) is 69.9 Å². The van der Waals surface area contributed by atoms with Crippen LogP contribution in [0.3, 0.4) is 0 Å². The minimum Gasteiger partial charge on any atom is -0.508 e. The van der Waals surface area contributed by atoms with Crippen LogP contribution in [0.4, 0.5) is 0 Å². The van der Waals surface area contributed by atoms with E-state index in [0.29, 0.717) is 12.8 Å². The maximum atomic E-state index is 10.1. The quantitative estimate of drug-likeness (QED) is 0.268. The number of benzene rings is 1. The molecule has 0 aliphatic rings. The molecule has 1 aromatic rings. The molecule has 0 heterocycles. The van der Waals surface area contributed by atoms with Gasteiger partial charge in [-0.1, -0.05) is 53.5 Å². The number of phenolic OH excluding ortho intramolecular Hbond substituents is 2. The Morgan fingerprint density at radius 3 is 1.60 bits per heavy atom. The van der Waals surface area contributed by atoms with Crippen molar-refractivity contribution in [2.75, 3.05) is 0 Å². The molecule has 0 fully saturated rings. The summed E-state index contributed by atoms with van der Waals surface area (Å²) in [7, 11) is 0. The van der Waals surface area contributed by atoms with Crippen molar-refractivity contribution >= 4 is 0 Å². The molecule has 0 saturated carbocycles. The van der Waals surface area contributed by atoms with E-state index in [0.717, 1.165) is 49.7 Å². The van der Waals surface area contributed by atoms with Gasteiger partial charge in [-0.25, -0.2) is 0 Å². The maximum absolute atomic E-state index is 10.1. The summed E-state index contributed by atoms with van der Waals surface area (Å²) in [6.45, 7) is 12.9. The number of hydrogen-bond acceptors (Lipinski definition) is 2. The number of aromatic hydroxyl groups is 2. The van der Waals surface area contributed by atoms with Gasteiger partial charge in [0.15, 0.2) is 0 Å². The highest BCUT2D eigenvalue weighted by atomic mass is 16.3. The van der Waals surface area contributed by atoms with Crippen molar-refractivity contribution < 1.29 is 10.2 Å². The van der Waals surface area contributed by atoms with Gasteiger partial charge in [0.05, 0.1) is 0 Å². The van der Waals surface area contributed by atoms with Gasteiger partial charge >= 0.3 is 0 Å². The van der Waals surface area contributed by atoms with Crippen molar-refractivity contribution in [3.8, 4) is 11.5 Å². The number of aryl methyl sites for hydroxylation is 1. The molecule has 0 amide bonds. The van der Waals surface area contributed by atoms with Crippen LogP contribution >= 0.6 is 0 Å². The van der Waals surface area contributed by atoms with E-state index in [1.54, 1.807) is 12.1 Å². The lowest BCUT2D eigenvalue weighted by Gasteiger charge is -2.08. The number of phenols is 2. The van der Waals surface area contributed by atoms with Gasteiger partial charge in [0, 0.05) is 5.56 Å². The predicted octanol–water partition coefficient (Wildman–Crippen LogP) is 8.35. The van der Waals surface area contributed by atoms with Gasteiger partial charge in [-0.15, -0.1) is 0 Å². The highest BCUT2D eigenvalue weighted by Gasteiger charge is 2.06. The van der Waals surface area contributed by atoms with Crippen LogP contribution in [0.1, 0.15) is 91.2 Å². The van der Waals surface area contributed by atoms with E-state index in [-0.39, 0.29) is 11.5 Å². The monoisotopic (exact) mass is 410 g/mol. The Balaban J connectivity index is 2.41. The molecule has 0 radical (unpaired) electrons. The first-order chi connectivity index (χ1) is 14.2. The number of rotatable bonds is 12. The Hall–Kier alpha value is -2.22. The van der Waals surface area contributed by atoms with E-state index in [4.69, 9.17) is 0 Å². The van der Waals surface area contributed by atoms with Gasteiger partial charge in [-0.05, 0) is 104 Å². The molecule has 0 spiro atoms. The lowest BCUT2D eigenvalue weighted by atomic mass is 10.0. The fourth-order valence-electron chi connectivity index (χ4n) is 3.38. The summed E-state index contributed by atoms with van der Waals surface area (Å²) in [5.74, 6) is 0.546. The van der Waals surface area contributed by atoms with Crippen LogP contribution < -0.4 is 0 Å². The Bertz CT molecular complexity index is 787. The SMILES string of the molecule is CCc1cc(O)c(C/C=C(\C)CC/C=C(\C)CC/C=C(\C)CCC=C(C)C)cc1O. The molecule has 2 heteroatoms. The molecule has 0 aromatic heterocycles. The van der Waals surface area contributed by atoms with Crippen LogP contribution in [0.15, 0.2) is 58.7 Å². The second-order valence-corrected chi connectivity index (χ2v) is 8.72. The zero-order valence-electron chi connectivity index (χ0n) is 20.0. The van der Waals surface area contributed by atoms with E-state index in [2.05, 4.69) is 58.9 Å². The van der Waals surface area contributed by atoms with Gasteiger partial charge in [0.1, 0.15) is 11.5 Å². The lowest BCUT2D eigenvalue weighted by Crippen LogP contribution is -1.89. The molecule has 166 valence electrons. The first-order valence-electron chi connectivity index (χ1n) is 11.4. The average molecular weight is 411 g/mol. The maximum Gasteiger partial charge on any atom is 0.119 e. The fourth-order valence-corrected chi connectivity index (χ4v) is 3.38. The summed E-state index contributed by atoms with van der Waals surface area (Å²) in [6, 6.07) is 3.37. The molecule has 0 saturated heterocycles. The van der Waals surface area contributed by atoms with Crippen molar-refractivity contribution in [2.24, 2.45) is 0 Å². The van der Waals surface area contributed by atoms with Crippen LogP contribution in [-0.4, -0.2) is 10.2 Å². The smallest absolute Gasteiger partial charge is 0.119 e. The molecule has 30 heavy (non-hydrogen) atoms. The van der Waals surface area contributed by atoms with Crippen LogP contribution in [0.25, 0.3) is 0 Å². The number of hydrogen-bond donors (Lipinski definition) is 2.